The van der Waals surface area contributed by atoms with Gasteiger partial charge in [-0.1, -0.05) is 12.1 Å². The Hall–Kier alpha value is -3.84. The largest absolute Gasteiger partial charge is 0.478 e. The summed E-state index contributed by atoms with van der Waals surface area (Å²) < 4.78 is 11.5. The molecule has 6 N–H and O–H groups in total. The first-order chi connectivity index (χ1) is 13.4. The van der Waals surface area contributed by atoms with Crippen molar-refractivity contribution in [3.8, 4) is 23.0 Å². The second kappa shape index (κ2) is 8.24. The van der Waals surface area contributed by atoms with Crippen molar-refractivity contribution in [2.75, 3.05) is 0 Å². The molecule has 28 heavy (non-hydrogen) atoms. The summed E-state index contributed by atoms with van der Waals surface area (Å²) in [6.45, 7) is 0.426. The SMILES string of the molecule is N=C(N)c1ccc(Oc2cc(Oc3ccc(CN)cc3)cc(C(=O)O)c2)cc1. The van der Waals surface area contributed by atoms with E-state index in [2.05, 4.69) is 0 Å². The van der Waals surface area contributed by atoms with Gasteiger partial charge in [0.25, 0.3) is 0 Å². The molecule has 0 aliphatic heterocycles. The summed E-state index contributed by atoms with van der Waals surface area (Å²) >= 11 is 0. The number of benzene rings is 3. The lowest BCUT2D eigenvalue weighted by molar-refractivity contribution is 0.0696. The summed E-state index contributed by atoms with van der Waals surface area (Å²) in [5.74, 6) is 0.526. The molecule has 0 bridgehead atoms. The van der Waals surface area contributed by atoms with E-state index in [1.54, 1.807) is 42.5 Å². The van der Waals surface area contributed by atoms with Crippen molar-refractivity contribution in [2.45, 2.75) is 6.54 Å². The van der Waals surface area contributed by atoms with Gasteiger partial charge in [0, 0.05) is 18.2 Å². The quantitative estimate of drug-likeness (QED) is 0.366. The normalized spacial score (nSPS) is 10.3. The van der Waals surface area contributed by atoms with Crippen LogP contribution < -0.4 is 20.9 Å². The molecule has 0 radical (unpaired) electrons. The van der Waals surface area contributed by atoms with Gasteiger partial charge in [0.05, 0.1) is 5.56 Å². The van der Waals surface area contributed by atoms with E-state index in [0.29, 0.717) is 35.1 Å². The van der Waals surface area contributed by atoms with Gasteiger partial charge in [-0.3, -0.25) is 5.41 Å². The third kappa shape index (κ3) is 4.66. The molecule has 0 fully saturated rings. The first-order valence-electron chi connectivity index (χ1n) is 8.42. The predicted octanol–water partition coefficient (Wildman–Crippen LogP) is 3.71. The molecule has 3 aromatic rings. The molecule has 0 aliphatic carbocycles. The lowest BCUT2D eigenvalue weighted by Crippen LogP contribution is -2.10. The van der Waals surface area contributed by atoms with E-state index in [1.807, 2.05) is 12.1 Å². The van der Waals surface area contributed by atoms with E-state index in [1.165, 1.54) is 12.1 Å². The molecule has 0 amide bonds. The van der Waals surface area contributed by atoms with Crippen molar-refractivity contribution in [1.82, 2.24) is 0 Å². The predicted molar refractivity (Wildman–Crippen MR) is 105 cm³/mol. The van der Waals surface area contributed by atoms with E-state index in [4.69, 9.17) is 26.4 Å². The van der Waals surface area contributed by atoms with Crippen LogP contribution in [0, 0.1) is 5.41 Å². The highest BCUT2D eigenvalue weighted by atomic mass is 16.5. The van der Waals surface area contributed by atoms with Crippen molar-refractivity contribution >= 4 is 11.8 Å². The minimum Gasteiger partial charge on any atom is -0.478 e. The summed E-state index contributed by atoms with van der Waals surface area (Å²) in [6.07, 6.45) is 0. The molecule has 0 spiro atoms. The van der Waals surface area contributed by atoms with Crippen LogP contribution in [-0.4, -0.2) is 16.9 Å². The minimum absolute atomic E-state index is 0.0337. The van der Waals surface area contributed by atoms with Crippen molar-refractivity contribution in [1.29, 1.82) is 5.41 Å². The summed E-state index contributed by atoms with van der Waals surface area (Å²) in [4.78, 5) is 11.5. The van der Waals surface area contributed by atoms with Crippen LogP contribution in [0.4, 0.5) is 0 Å². The van der Waals surface area contributed by atoms with E-state index < -0.39 is 5.97 Å². The van der Waals surface area contributed by atoms with Crippen LogP contribution in [0.15, 0.2) is 66.7 Å². The highest BCUT2D eigenvalue weighted by Gasteiger charge is 2.11. The zero-order chi connectivity index (χ0) is 20.1. The zero-order valence-corrected chi connectivity index (χ0v) is 14.9. The summed E-state index contributed by atoms with van der Waals surface area (Å²) in [7, 11) is 0. The highest BCUT2D eigenvalue weighted by Crippen LogP contribution is 2.30. The number of aromatic carboxylic acids is 1. The molecule has 0 saturated heterocycles. The van der Waals surface area contributed by atoms with Gasteiger partial charge >= 0.3 is 5.97 Å². The first-order valence-corrected chi connectivity index (χ1v) is 8.42. The maximum Gasteiger partial charge on any atom is 0.335 e. The number of nitrogens with two attached hydrogens (primary N) is 2. The second-order valence-corrected chi connectivity index (χ2v) is 5.99. The van der Waals surface area contributed by atoms with Crippen molar-refractivity contribution < 1.29 is 19.4 Å². The molecular weight excluding hydrogens is 358 g/mol. The van der Waals surface area contributed by atoms with Crippen LogP contribution in [0.25, 0.3) is 0 Å². The maximum atomic E-state index is 11.5. The number of amidine groups is 1. The van der Waals surface area contributed by atoms with Gasteiger partial charge in [-0.05, 0) is 54.1 Å². The molecule has 0 aromatic heterocycles. The average Bonchev–Trinajstić information content (AvgIpc) is 2.69. The van der Waals surface area contributed by atoms with E-state index in [-0.39, 0.29) is 11.4 Å². The molecule has 0 aliphatic rings. The standard InChI is InChI=1S/C21H19N3O4/c22-12-13-1-5-16(6-2-13)27-18-9-15(21(25)26)10-19(11-18)28-17-7-3-14(4-8-17)20(23)24/h1-11H,12,22H2,(H3,23,24)(H,25,26). The lowest BCUT2D eigenvalue weighted by Gasteiger charge is -2.11. The fourth-order valence-electron chi connectivity index (χ4n) is 2.48. The highest BCUT2D eigenvalue weighted by molar-refractivity contribution is 5.95. The maximum absolute atomic E-state index is 11.5. The number of nitrogen functional groups attached to an aromatic ring is 1. The Labute approximate surface area is 161 Å². The molecule has 7 heteroatoms. The van der Waals surface area contributed by atoms with Crippen LogP contribution in [0.3, 0.4) is 0 Å². The molecule has 7 nitrogen and oxygen atoms in total. The Bertz CT molecular complexity index is 999. The monoisotopic (exact) mass is 377 g/mol. The number of ether oxygens (including phenoxy) is 2. The molecular formula is C21H19N3O4. The van der Waals surface area contributed by atoms with Gasteiger partial charge < -0.3 is 26.0 Å². The number of carbonyl (C=O) groups is 1. The Balaban J connectivity index is 1.86. The van der Waals surface area contributed by atoms with Gasteiger partial charge in [0.1, 0.15) is 28.8 Å². The number of carboxylic acids is 1. The average molecular weight is 377 g/mol. The number of rotatable bonds is 7. The van der Waals surface area contributed by atoms with Gasteiger partial charge in [-0.25, -0.2) is 4.79 Å². The topological polar surface area (TPSA) is 132 Å². The van der Waals surface area contributed by atoms with Crippen LogP contribution >= 0.6 is 0 Å². The second-order valence-electron chi connectivity index (χ2n) is 5.99. The minimum atomic E-state index is -1.10. The molecule has 0 unspecified atom stereocenters. The Morgan fingerprint density at radius 3 is 1.75 bits per heavy atom. The Morgan fingerprint density at radius 1 is 0.821 bits per heavy atom. The lowest BCUT2D eigenvalue weighted by atomic mass is 10.2. The summed E-state index contributed by atoms with van der Waals surface area (Å²) in [5, 5.41) is 16.8. The number of hydrogen-bond donors (Lipinski definition) is 4. The summed E-state index contributed by atoms with van der Waals surface area (Å²) in [6, 6.07) is 18.2. The number of carboxylic acid groups (broad SMARTS) is 1. The van der Waals surface area contributed by atoms with Crippen molar-refractivity contribution in [2.24, 2.45) is 11.5 Å². The summed E-state index contributed by atoms with van der Waals surface area (Å²) in [5.41, 5.74) is 12.6. The van der Waals surface area contributed by atoms with E-state index >= 15 is 0 Å². The number of hydrogen-bond acceptors (Lipinski definition) is 5. The van der Waals surface area contributed by atoms with E-state index in [0.717, 1.165) is 5.56 Å². The Morgan fingerprint density at radius 2 is 1.32 bits per heavy atom. The van der Waals surface area contributed by atoms with Crippen LogP contribution in [-0.2, 0) is 6.54 Å². The number of nitrogens with one attached hydrogen (secondary N) is 1. The molecule has 0 saturated carbocycles. The molecule has 3 aromatic carbocycles. The zero-order valence-electron chi connectivity index (χ0n) is 14.9. The third-order valence-corrected chi connectivity index (χ3v) is 3.92. The van der Waals surface area contributed by atoms with Gasteiger partial charge in [0.2, 0.25) is 0 Å². The molecule has 0 atom stereocenters. The molecule has 0 heterocycles. The van der Waals surface area contributed by atoms with Gasteiger partial charge in [-0.15, -0.1) is 0 Å². The van der Waals surface area contributed by atoms with Crippen LogP contribution in [0.1, 0.15) is 21.5 Å². The molecule has 3 rings (SSSR count). The van der Waals surface area contributed by atoms with Gasteiger partial charge in [-0.2, -0.15) is 0 Å². The molecule has 142 valence electrons. The van der Waals surface area contributed by atoms with E-state index in [9.17, 15) is 9.90 Å². The van der Waals surface area contributed by atoms with Crippen molar-refractivity contribution in [3.05, 3.63) is 83.4 Å². The smallest absolute Gasteiger partial charge is 0.335 e. The third-order valence-electron chi connectivity index (χ3n) is 3.92. The van der Waals surface area contributed by atoms with Crippen LogP contribution in [0.5, 0.6) is 23.0 Å². The Kier molecular flexibility index (Phi) is 5.57. The van der Waals surface area contributed by atoms with Gasteiger partial charge in [0.15, 0.2) is 0 Å². The first kappa shape index (κ1) is 18.9. The van der Waals surface area contributed by atoms with Crippen LogP contribution in [0.2, 0.25) is 0 Å². The fraction of sp³-hybridized carbons (Fsp3) is 0.0476. The van der Waals surface area contributed by atoms with Crippen molar-refractivity contribution in [3.63, 3.8) is 0 Å². The fourth-order valence-corrected chi connectivity index (χ4v) is 2.48.